The summed E-state index contributed by atoms with van der Waals surface area (Å²) in [4.78, 5) is 4.17. The molecule has 1 aromatic rings. The maximum atomic E-state index is 8.85. The topological polar surface area (TPSA) is 71.2 Å². The normalized spacial score (nSPS) is 12.5. The first kappa shape index (κ1) is 10.8. The summed E-state index contributed by atoms with van der Waals surface area (Å²) < 4.78 is 0. The van der Waals surface area contributed by atoms with Crippen molar-refractivity contribution in [3.8, 4) is 0 Å². The number of hydrogen-bond donors (Lipinski definition) is 3. The van der Waals surface area contributed by atoms with Crippen LogP contribution in [0.2, 0.25) is 0 Å². The fourth-order valence-electron chi connectivity index (χ4n) is 1.12. The van der Waals surface area contributed by atoms with E-state index in [2.05, 4.69) is 10.3 Å². The lowest BCUT2D eigenvalue weighted by Gasteiger charge is -2.12. The predicted octanol–water partition coefficient (Wildman–Crippen LogP) is 1.01. The van der Waals surface area contributed by atoms with Crippen LogP contribution in [0, 0.1) is 12.8 Å². The second-order valence-electron chi connectivity index (χ2n) is 3.60. The summed E-state index contributed by atoms with van der Waals surface area (Å²) in [5.74, 6) is 1.06. The molecule has 1 aromatic heterocycles. The second-order valence-corrected chi connectivity index (χ2v) is 3.60. The van der Waals surface area contributed by atoms with Crippen LogP contribution < -0.4 is 11.1 Å². The van der Waals surface area contributed by atoms with Crippen LogP contribution in [-0.2, 0) is 0 Å². The Balaban J connectivity index is 2.59. The number of nitrogen functional groups attached to an aromatic ring is 1. The molecule has 14 heavy (non-hydrogen) atoms. The molecule has 0 aliphatic heterocycles. The standard InChI is InChI=1S/C10H17N3O/c1-7(6-14)4-12-10-8(2)3-9(11)5-13-10/h3,5,7,14H,4,6,11H2,1-2H3,(H,12,13). The Morgan fingerprint density at radius 2 is 2.36 bits per heavy atom. The van der Waals surface area contributed by atoms with Crippen molar-refractivity contribution in [2.24, 2.45) is 5.92 Å². The Bertz CT molecular complexity index is 301. The first-order chi connectivity index (χ1) is 6.63. The number of nitrogens with two attached hydrogens (primary N) is 1. The van der Waals surface area contributed by atoms with Crippen molar-refractivity contribution in [1.82, 2.24) is 4.98 Å². The number of hydrogen-bond acceptors (Lipinski definition) is 4. The molecule has 1 atom stereocenters. The largest absolute Gasteiger partial charge is 0.397 e. The molecule has 1 rings (SSSR count). The van der Waals surface area contributed by atoms with Gasteiger partial charge in [-0.1, -0.05) is 6.92 Å². The highest BCUT2D eigenvalue weighted by Gasteiger charge is 2.02. The van der Waals surface area contributed by atoms with Crippen LogP contribution >= 0.6 is 0 Å². The van der Waals surface area contributed by atoms with Crippen LogP contribution in [0.15, 0.2) is 12.3 Å². The van der Waals surface area contributed by atoms with Crippen LogP contribution in [0.1, 0.15) is 12.5 Å². The van der Waals surface area contributed by atoms with E-state index in [1.165, 1.54) is 0 Å². The smallest absolute Gasteiger partial charge is 0.129 e. The van der Waals surface area contributed by atoms with Gasteiger partial charge < -0.3 is 16.2 Å². The molecule has 0 saturated heterocycles. The van der Waals surface area contributed by atoms with E-state index in [0.29, 0.717) is 12.2 Å². The third-order valence-electron chi connectivity index (χ3n) is 2.03. The molecule has 0 aromatic carbocycles. The van der Waals surface area contributed by atoms with Gasteiger partial charge in [0.2, 0.25) is 0 Å². The van der Waals surface area contributed by atoms with Gasteiger partial charge in [0.1, 0.15) is 5.82 Å². The Hall–Kier alpha value is -1.29. The van der Waals surface area contributed by atoms with E-state index in [0.717, 1.165) is 11.4 Å². The van der Waals surface area contributed by atoms with Gasteiger partial charge >= 0.3 is 0 Å². The van der Waals surface area contributed by atoms with Crippen LogP contribution in [0.3, 0.4) is 0 Å². The van der Waals surface area contributed by atoms with Crippen molar-refractivity contribution in [1.29, 1.82) is 0 Å². The van der Waals surface area contributed by atoms with Gasteiger partial charge in [-0.05, 0) is 24.5 Å². The van der Waals surface area contributed by atoms with Gasteiger partial charge in [0.15, 0.2) is 0 Å². The molecular formula is C10H17N3O. The number of pyridine rings is 1. The molecule has 4 N–H and O–H groups in total. The molecule has 0 amide bonds. The van der Waals surface area contributed by atoms with E-state index in [-0.39, 0.29) is 12.5 Å². The van der Waals surface area contributed by atoms with Crippen molar-refractivity contribution in [3.63, 3.8) is 0 Å². The number of nitrogens with one attached hydrogen (secondary N) is 1. The molecule has 1 unspecified atom stereocenters. The summed E-state index contributed by atoms with van der Waals surface area (Å²) in [5.41, 5.74) is 7.27. The molecule has 4 nitrogen and oxygen atoms in total. The third-order valence-corrected chi connectivity index (χ3v) is 2.03. The molecule has 0 bridgehead atoms. The van der Waals surface area contributed by atoms with Crippen LogP contribution in [0.25, 0.3) is 0 Å². The lowest BCUT2D eigenvalue weighted by molar-refractivity contribution is 0.244. The molecule has 0 saturated carbocycles. The van der Waals surface area contributed by atoms with E-state index >= 15 is 0 Å². The molecule has 1 heterocycles. The van der Waals surface area contributed by atoms with Gasteiger partial charge in [-0.2, -0.15) is 0 Å². The molecule has 4 heteroatoms. The highest BCUT2D eigenvalue weighted by molar-refractivity contribution is 5.50. The Morgan fingerprint density at radius 1 is 1.64 bits per heavy atom. The number of aliphatic hydroxyl groups is 1. The zero-order valence-corrected chi connectivity index (χ0v) is 8.62. The van der Waals surface area contributed by atoms with E-state index in [4.69, 9.17) is 10.8 Å². The minimum atomic E-state index is 0.182. The number of aliphatic hydroxyl groups excluding tert-OH is 1. The van der Waals surface area contributed by atoms with Gasteiger partial charge in [-0.3, -0.25) is 0 Å². The summed E-state index contributed by atoms with van der Waals surface area (Å²) in [7, 11) is 0. The average molecular weight is 195 g/mol. The fourth-order valence-corrected chi connectivity index (χ4v) is 1.12. The highest BCUT2D eigenvalue weighted by atomic mass is 16.3. The average Bonchev–Trinajstić information content (AvgIpc) is 2.16. The van der Waals surface area contributed by atoms with Crippen molar-refractivity contribution >= 4 is 11.5 Å². The summed E-state index contributed by atoms with van der Waals surface area (Å²) >= 11 is 0. The summed E-state index contributed by atoms with van der Waals surface area (Å²) in [6.45, 7) is 4.82. The van der Waals surface area contributed by atoms with Crippen LogP contribution in [0.5, 0.6) is 0 Å². The molecule has 0 fully saturated rings. The number of nitrogens with zero attached hydrogens (tertiary/aromatic N) is 1. The molecule has 0 spiro atoms. The minimum absolute atomic E-state index is 0.182. The summed E-state index contributed by atoms with van der Waals surface area (Å²) in [5, 5.41) is 12.0. The number of aryl methyl sites for hydroxylation is 1. The van der Waals surface area contributed by atoms with Crippen LogP contribution in [-0.4, -0.2) is 23.2 Å². The quantitative estimate of drug-likeness (QED) is 0.670. The van der Waals surface area contributed by atoms with Gasteiger partial charge in [0.25, 0.3) is 0 Å². The van der Waals surface area contributed by atoms with Gasteiger partial charge in [-0.25, -0.2) is 4.98 Å². The highest BCUT2D eigenvalue weighted by Crippen LogP contribution is 2.13. The van der Waals surface area contributed by atoms with E-state index < -0.39 is 0 Å². The SMILES string of the molecule is Cc1cc(N)cnc1NCC(C)CO. The first-order valence-electron chi connectivity index (χ1n) is 4.70. The van der Waals surface area contributed by atoms with Gasteiger partial charge in [0, 0.05) is 13.2 Å². The minimum Gasteiger partial charge on any atom is -0.397 e. The summed E-state index contributed by atoms with van der Waals surface area (Å²) in [6.07, 6.45) is 1.62. The second kappa shape index (κ2) is 4.81. The van der Waals surface area contributed by atoms with Crippen LogP contribution in [0.4, 0.5) is 11.5 Å². The molecule has 0 aliphatic rings. The Kier molecular flexibility index (Phi) is 3.71. The maximum Gasteiger partial charge on any atom is 0.129 e. The van der Waals surface area contributed by atoms with E-state index in [9.17, 15) is 0 Å². The van der Waals surface area contributed by atoms with Crippen molar-refractivity contribution < 1.29 is 5.11 Å². The first-order valence-corrected chi connectivity index (χ1v) is 4.70. The third kappa shape index (κ3) is 2.88. The van der Waals surface area contributed by atoms with E-state index in [1.807, 2.05) is 19.9 Å². The fraction of sp³-hybridized carbons (Fsp3) is 0.500. The lowest BCUT2D eigenvalue weighted by Crippen LogP contribution is -2.15. The number of anilines is 2. The summed E-state index contributed by atoms with van der Waals surface area (Å²) in [6, 6.07) is 1.87. The Labute approximate surface area is 84.2 Å². The van der Waals surface area contributed by atoms with Gasteiger partial charge in [-0.15, -0.1) is 0 Å². The molecular weight excluding hydrogens is 178 g/mol. The number of rotatable bonds is 4. The zero-order chi connectivity index (χ0) is 10.6. The predicted molar refractivity (Wildman–Crippen MR) is 58.1 cm³/mol. The monoisotopic (exact) mass is 195 g/mol. The number of aromatic nitrogens is 1. The van der Waals surface area contributed by atoms with Crippen molar-refractivity contribution in [3.05, 3.63) is 17.8 Å². The maximum absolute atomic E-state index is 8.85. The van der Waals surface area contributed by atoms with Crippen molar-refractivity contribution in [2.45, 2.75) is 13.8 Å². The zero-order valence-electron chi connectivity index (χ0n) is 8.62. The molecule has 0 radical (unpaired) electrons. The van der Waals surface area contributed by atoms with Gasteiger partial charge in [0.05, 0.1) is 11.9 Å². The van der Waals surface area contributed by atoms with E-state index in [1.54, 1.807) is 6.20 Å². The lowest BCUT2D eigenvalue weighted by atomic mass is 10.2. The molecule has 0 aliphatic carbocycles. The molecule has 78 valence electrons. The Morgan fingerprint density at radius 3 is 2.93 bits per heavy atom. The van der Waals surface area contributed by atoms with Crippen molar-refractivity contribution in [2.75, 3.05) is 24.2 Å².